The monoisotopic (exact) mass is 431 g/mol. The van der Waals surface area contributed by atoms with Gasteiger partial charge in [0.1, 0.15) is 9.96 Å². The minimum Gasteiger partial charge on any atom is -0.496 e. The molecular weight excluding hydrogens is 414 g/mol. The third-order valence-electron chi connectivity index (χ3n) is 3.58. The number of hydrogen-bond acceptors (Lipinski definition) is 6. The van der Waals surface area contributed by atoms with Gasteiger partial charge in [0.05, 0.1) is 18.7 Å². The first-order chi connectivity index (χ1) is 12.5. The minimum atomic E-state index is -4.05. The van der Waals surface area contributed by atoms with E-state index < -0.39 is 28.0 Å². The number of aryl methyl sites for hydroxylation is 1. The fourth-order valence-electron chi connectivity index (χ4n) is 2.41. The topological polar surface area (TPSA) is 128 Å². The highest BCUT2D eigenvalue weighted by molar-refractivity contribution is 7.92. The summed E-state index contributed by atoms with van der Waals surface area (Å²) in [4.78, 5) is 24.1. The second-order valence-electron chi connectivity index (χ2n) is 5.62. The van der Waals surface area contributed by atoms with Gasteiger partial charge in [-0.25, -0.2) is 17.9 Å². The number of benzene rings is 1. The molecule has 1 unspecified atom stereocenters. The van der Waals surface area contributed by atoms with Crippen LogP contribution in [0.2, 0.25) is 5.02 Å². The van der Waals surface area contributed by atoms with E-state index in [0.29, 0.717) is 21.2 Å². The Balaban J connectivity index is 2.27. The summed E-state index contributed by atoms with van der Waals surface area (Å²) in [6.45, 7) is 3.42. The maximum atomic E-state index is 12.6. The summed E-state index contributed by atoms with van der Waals surface area (Å²) in [5.74, 6) is -0.0600. The molecule has 27 heavy (non-hydrogen) atoms. The van der Waals surface area contributed by atoms with Crippen molar-refractivity contribution in [2.75, 3.05) is 7.11 Å². The molecule has 146 valence electrons. The number of nitrogens with one attached hydrogen (secondary N) is 2. The third-order valence-corrected chi connectivity index (χ3v) is 7.06. The molecule has 2 rings (SSSR count). The summed E-state index contributed by atoms with van der Waals surface area (Å²) in [5, 5.41) is 3.17. The Morgan fingerprint density at radius 3 is 2.56 bits per heavy atom. The molecule has 0 bridgehead atoms. The van der Waals surface area contributed by atoms with Gasteiger partial charge in [0.2, 0.25) is 0 Å². The van der Waals surface area contributed by atoms with Crippen molar-refractivity contribution in [1.29, 1.82) is 0 Å². The van der Waals surface area contributed by atoms with Crippen molar-refractivity contribution in [3.8, 4) is 5.75 Å². The number of amides is 3. The normalized spacial score (nSPS) is 12.3. The zero-order chi connectivity index (χ0) is 20.4. The maximum Gasteiger partial charge on any atom is 0.326 e. The van der Waals surface area contributed by atoms with E-state index in [1.54, 1.807) is 30.7 Å². The number of hydrogen-bond donors (Lipinski definition) is 3. The molecule has 8 nitrogen and oxygen atoms in total. The molecule has 0 radical (unpaired) electrons. The number of carbonyl (C=O) groups is 2. The first-order valence-electron chi connectivity index (χ1n) is 7.62. The van der Waals surface area contributed by atoms with Gasteiger partial charge >= 0.3 is 6.03 Å². The van der Waals surface area contributed by atoms with E-state index in [2.05, 4.69) is 5.32 Å². The molecule has 1 aromatic carbocycles. The van der Waals surface area contributed by atoms with E-state index in [1.807, 2.05) is 0 Å². The summed E-state index contributed by atoms with van der Waals surface area (Å²) in [6, 6.07) is 4.41. The van der Waals surface area contributed by atoms with Gasteiger partial charge in [0, 0.05) is 9.90 Å². The van der Waals surface area contributed by atoms with Crippen LogP contribution >= 0.6 is 22.9 Å². The van der Waals surface area contributed by atoms with Crippen LogP contribution in [0.4, 0.5) is 4.79 Å². The van der Waals surface area contributed by atoms with Crippen molar-refractivity contribution in [2.45, 2.75) is 24.1 Å². The maximum absolute atomic E-state index is 12.6. The molecule has 11 heteroatoms. The van der Waals surface area contributed by atoms with E-state index in [9.17, 15) is 18.0 Å². The molecule has 0 aliphatic rings. The fourth-order valence-corrected chi connectivity index (χ4v) is 5.02. The van der Waals surface area contributed by atoms with E-state index in [1.165, 1.54) is 19.2 Å². The molecule has 1 atom stereocenters. The molecule has 0 fully saturated rings. The summed E-state index contributed by atoms with van der Waals surface area (Å²) < 4.78 is 31.0. The highest BCUT2D eigenvalue weighted by atomic mass is 35.5. The van der Waals surface area contributed by atoms with Gasteiger partial charge in [-0.1, -0.05) is 11.6 Å². The van der Waals surface area contributed by atoms with E-state index in [0.717, 1.165) is 11.3 Å². The van der Waals surface area contributed by atoms with Crippen LogP contribution in [0.5, 0.6) is 5.75 Å². The fraction of sp³-hybridized carbons (Fsp3) is 0.250. The van der Waals surface area contributed by atoms with Crippen molar-refractivity contribution in [1.82, 2.24) is 10.0 Å². The molecule has 4 N–H and O–H groups in total. The zero-order valence-electron chi connectivity index (χ0n) is 14.7. The molecular formula is C16H18ClN3O5S2. The van der Waals surface area contributed by atoms with Crippen LogP contribution in [0.25, 0.3) is 0 Å². The number of primary amides is 1. The number of sulfonamides is 1. The van der Waals surface area contributed by atoms with Crippen molar-refractivity contribution in [3.63, 3.8) is 0 Å². The Morgan fingerprint density at radius 2 is 1.96 bits per heavy atom. The van der Waals surface area contributed by atoms with Crippen LogP contribution in [0.3, 0.4) is 0 Å². The predicted molar refractivity (Wildman–Crippen MR) is 103 cm³/mol. The number of urea groups is 1. The van der Waals surface area contributed by atoms with Crippen LogP contribution in [-0.2, 0) is 10.0 Å². The molecule has 0 aliphatic heterocycles. The highest BCUT2D eigenvalue weighted by Gasteiger charge is 2.24. The number of nitrogens with two attached hydrogens (primary N) is 1. The van der Waals surface area contributed by atoms with Crippen molar-refractivity contribution >= 4 is 44.9 Å². The summed E-state index contributed by atoms with van der Waals surface area (Å²) in [5.41, 5.74) is 5.79. The zero-order valence-corrected chi connectivity index (χ0v) is 17.1. The summed E-state index contributed by atoms with van der Waals surface area (Å²) in [7, 11) is -2.61. The van der Waals surface area contributed by atoms with Crippen LogP contribution in [0, 0.1) is 6.92 Å². The number of carbonyl (C=O) groups excluding carboxylic acids is 2. The Hall–Kier alpha value is -2.30. The quantitative estimate of drug-likeness (QED) is 0.647. The molecule has 0 aliphatic carbocycles. The first-order valence-corrected chi connectivity index (χ1v) is 10.3. The standard InChI is InChI=1S/C16H18ClN3O5S2/c1-8-6-13(27(23,24)20-16(18)22)26-14(8)9(2)19-15(21)11-7-10(17)4-5-12(11)25-3/h4-7,9H,1-3H3,(H,19,21)(H3,18,20,22). The van der Waals surface area contributed by atoms with Crippen LogP contribution in [0.1, 0.15) is 33.8 Å². The number of methoxy groups -OCH3 is 1. The van der Waals surface area contributed by atoms with Gasteiger partial charge in [-0.15, -0.1) is 11.3 Å². The Bertz CT molecular complexity index is 988. The lowest BCUT2D eigenvalue weighted by Crippen LogP contribution is -2.34. The molecule has 0 saturated carbocycles. The average Bonchev–Trinajstić information content (AvgIpc) is 2.96. The van der Waals surface area contributed by atoms with Crippen molar-refractivity contribution in [3.05, 3.63) is 45.3 Å². The minimum absolute atomic E-state index is 0.0739. The number of rotatable bonds is 6. The lowest BCUT2D eigenvalue weighted by atomic mass is 10.1. The Morgan fingerprint density at radius 1 is 1.30 bits per heavy atom. The van der Waals surface area contributed by atoms with Gasteiger partial charge in [-0.3, -0.25) is 4.79 Å². The van der Waals surface area contributed by atoms with E-state index >= 15 is 0 Å². The van der Waals surface area contributed by atoms with Crippen molar-refractivity contribution in [2.24, 2.45) is 5.73 Å². The first kappa shape index (κ1) is 21.0. The lowest BCUT2D eigenvalue weighted by molar-refractivity contribution is 0.0937. The SMILES string of the molecule is COc1ccc(Cl)cc1C(=O)NC(C)c1sc(S(=O)(=O)NC(N)=O)cc1C. The molecule has 3 amide bonds. The number of thiophene rings is 1. The van der Waals surface area contributed by atoms with E-state index in [4.69, 9.17) is 22.1 Å². The van der Waals surface area contributed by atoms with Gasteiger partial charge in [0.25, 0.3) is 15.9 Å². The van der Waals surface area contributed by atoms with Crippen LogP contribution in [-0.4, -0.2) is 27.5 Å². The summed E-state index contributed by atoms with van der Waals surface area (Å²) in [6.07, 6.45) is 0. The molecule has 1 heterocycles. The van der Waals surface area contributed by atoms with E-state index in [-0.39, 0.29) is 9.77 Å². The number of halogens is 1. The van der Waals surface area contributed by atoms with Gasteiger partial charge in [-0.05, 0) is 43.7 Å². The molecule has 0 saturated heterocycles. The average molecular weight is 432 g/mol. The third kappa shape index (κ3) is 4.90. The molecule has 1 aromatic heterocycles. The second-order valence-corrected chi connectivity index (χ2v) is 9.05. The van der Waals surface area contributed by atoms with Crippen molar-refractivity contribution < 1.29 is 22.7 Å². The van der Waals surface area contributed by atoms with Gasteiger partial charge < -0.3 is 15.8 Å². The second kappa shape index (κ2) is 8.15. The molecule has 0 spiro atoms. The largest absolute Gasteiger partial charge is 0.496 e. The number of ether oxygens (including phenoxy) is 1. The van der Waals surface area contributed by atoms with Gasteiger partial charge in [-0.2, -0.15) is 0 Å². The molecule has 2 aromatic rings. The smallest absolute Gasteiger partial charge is 0.326 e. The van der Waals surface area contributed by atoms with Gasteiger partial charge in [0.15, 0.2) is 0 Å². The predicted octanol–water partition coefficient (Wildman–Crippen LogP) is 2.57. The lowest BCUT2D eigenvalue weighted by Gasteiger charge is -2.15. The highest BCUT2D eigenvalue weighted by Crippen LogP contribution is 2.31. The van der Waals surface area contributed by atoms with Crippen LogP contribution < -0.4 is 20.5 Å². The summed E-state index contributed by atoms with van der Waals surface area (Å²) >= 11 is 6.88. The Kier molecular flexibility index (Phi) is 6.34. The van der Waals surface area contributed by atoms with Crippen LogP contribution in [0.15, 0.2) is 28.5 Å². The Labute approximate surface area is 165 Å².